The van der Waals surface area contributed by atoms with E-state index in [1.807, 2.05) is 0 Å². The number of thioether (sulfide) groups is 1. The molecule has 0 spiro atoms. The van der Waals surface area contributed by atoms with Crippen molar-refractivity contribution in [1.82, 2.24) is 19.7 Å². The zero-order valence-corrected chi connectivity index (χ0v) is 15.4. The quantitative estimate of drug-likeness (QED) is 0.703. The molecular weight excluding hydrogens is 391 g/mol. The molecule has 0 unspecified atom stereocenters. The van der Waals surface area contributed by atoms with Gasteiger partial charge in [0.05, 0.1) is 22.3 Å². The van der Waals surface area contributed by atoms with Crippen molar-refractivity contribution in [1.29, 1.82) is 0 Å². The van der Waals surface area contributed by atoms with Crippen LogP contribution < -0.4 is 5.32 Å². The molecule has 0 bridgehead atoms. The van der Waals surface area contributed by atoms with Gasteiger partial charge in [-0.3, -0.25) is 4.79 Å². The van der Waals surface area contributed by atoms with Gasteiger partial charge in [0.2, 0.25) is 5.91 Å². The summed E-state index contributed by atoms with van der Waals surface area (Å²) in [5, 5.41) is 6.73. The summed E-state index contributed by atoms with van der Waals surface area (Å²) in [6, 6.07) is 6.80. The molecule has 6 nitrogen and oxygen atoms in total. The summed E-state index contributed by atoms with van der Waals surface area (Å²) >= 11 is 1.26. The Kier molecular flexibility index (Phi) is 4.58. The summed E-state index contributed by atoms with van der Waals surface area (Å²) in [5.74, 6) is 0.478. The molecule has 4 rings (SSSR count). The number of aryl methyl sites for hydroxylation is 1. The Hall–Kier alpha value is -2.88. The van der Waals surface area contributed by atoms with Gasteiger partial charge in [0.1, 0.15) is 5.82 Å². The largest absolute Gasteiger partial charge is 0.416 e. The van der Waals surface area contributed by atoms with Crippen molar-refractivity contribution in [2.75, 3.05) is 11.1 Å². The normalized spacial score (nSPS) is 17.0. The molecule has 0 saturated carbocycles. The highest BCUT2D eigenvalue weighted by molar-refractivity contribution is 8.00. The molecular formula is C18H14F3N5OS. The molecule has 1 aromatic carbocycles. The lowest BCUT2D eigenvalue weighted by atomic mass is 10.0. The molecule has 1 atom stereocenters. The van der Waals surface area contributed by atoms with Crippen LogP contribution >= 0.6 is 11.8 Å². The molecule has 1 aliphatic heterocycles. The zero-order chi connectivity index (χ0) is 19.9. The highest BCUT2D eigenvalue weighted by Crippen LogP contribution is 2.44. The van der Waals surface area contributed by atoms with Crippen molar-refractivity contribution >= 4 is 23.5 Å². The van der Waals surface area contributed by atoms with Crippen LogP contribution in [0, 0.1) is 6.92 Å². The summed E-state index contributed by atoms with van der Waals surface area (Å²) in [6.07, 6.45) is -1.36. The second-order valence-corrected chi connectivity index (χ2v) is 7.26. The molecule has 0 saturated heterocycles. The molecule has 0 fully saturated rings. The van der Waals surface area contributed by atoms with Crippen molar-refractivity contribution in [2.24, 2.45) is 0 Å². The van der Waals surface area contributed by atoms with E-state index in [9.17, 15) is 18.0 Å². The predicted octanol–water partition coefficient (Wildman–Crippen LogP) is 3.76. The number of aromatic nitrogens is 4. The van der Waals surface area contributed by atoms with Crippen molar-refractivity contribution in [2.45, 2.75) is 18.3 Å². The minimum absolute atomic E-state index is 0.102. The number of carbonyl (C=O) groups excluding carboxylic acids is 1. The molecule has 0 aliphatic carbocycles. The molecule has 144 valence electrons. The van der Waals surface area contributed by atoms with E-state index in [1.54, 1.807) is 31.5 Å². The van der Waals surface area contributed by atoms with Crippen LogP contribution in [0.2, 0.25) is 0 Å². The monoisotopic (exact) mass is 405 g/mol. The lowest BCUT2D eigenvalue weighted by Gasteiger charge is -2.17. The standard InChI is InChI=1S/C18H14F3N5OS/c1-10-14-15(11-4-2-5-12(8-11)18(19,20)21)28-9-13(27)24-16(14)26(25-10)17-22-6-3-7-23-17/h2-8,15H,9H2,1H3,(H,24,27)/t15-/m0/s1. The number of hydrogen-bond acceptors (Lipinski definition) is 5. The van der Waals surface area contributed by atoms with Crippen molar-refractivity contribution in [3.05, 3.63) is 65.1 Å². The summed E-state index contributed by atoms with van der Waals surface area (Å²) in [4.78, 5) is 20.6. The first kappa shape index (κ1) is 18.5. The number of amides is 1. The Labute approximate surface area is 162 Å². The molecule has 1 amide bonds. The second kappa shape index (κ2) is 6.93. The van der Waals surface area contributed by atoms with E-state index in [1.165, 1.54) is 22.5 Å². The summed E-state index contributed by atoms with van der Waals surface area (Å²) in [5.41, 5.74) is 0.948. The Morgan fingerprint density at radius 2 is 1.96 bits per heavy atom. The SMILES string of the molecule is Cc1nn(-c2ncccn2)c2c1[C@H](c1cccc(C(F)(F)F)c1)SCC(=O)N2. The fourth-order valence-electron chi connectivity index (χ4n) is 3.07. The zero-order valence-electron chi connectivity index (χ0n) is 14.6. The molecule has 1 aliphatic rings. The van der Waals surface area contributed by atoms with Gasteiger partial charge in [-0.15, -0.1) is 11.8 Å². The maximum absolute atomic E-state index is 13.2. The van der Waals surface area contributed by atoms with Gasteiger partial charge in [0.15, 0.2) is 0 Å². The number of carbonyl (C=O) groups is 1. The molecule has 3 aromatic rings. The smallest absolute Gasteiger partial charge is 0.309 e. The first-order chi connectivity index (χ1) is 13.3. The highest BCUT2D eigenvalue weighted by atomic mass is 32.2. The molecule has 10 heteroatoms. The first-order valence-electron chi connectivity index (χ1n) is 8.30. The number of rotatable bonds is 2. The molecule has 28 heavy (non-hydrogen) atoms. The Morgan fingerprint density at radius 1 is 1.21 bits per heavy atom. The second-order valence-electron chi connectivity index (χ2n) is 6.17. The third kappa shape index (κ3) is 3.35. The van der Waals surface area contributed by atoms with E-state index in [-0.39, 0.29) is 17.6 Å². The maximum Gasteiger partial charge on any atom is 0.416 e. The van der Waals surface area contributed by atoms with Gasteiger partial charge < -0.3 is 5.32 Å². The Morgan fingerprint density at radius 3 is 2.68 bits per heavy atom. The average molecular weight is 405 g/mol. The van der Waals surface area contributed by atoms with E-state index >= 15 is 0 Å². The van der Waals surface area contributed by atoms with Crippen molar-refractivity contribution in [3.8, 4) is 5.95 Å². The van der Waals surface area contributed by atoms with Crippen LogP contribution in [-0.4, -0.2) is 31.4 Å². The number of halogens is 3. The summed E-state index contributed by atoms with van der Waals surface area (Å²) < 4.78 is 40.9. The summed E-state index contributed by atoms with van der Waals surface area (Å²) in [7, 11) is 0. The predicted molar refractivity (Wildman–Crippen MR) is 98.3 cm³/mol. The lowest BCUT2D eigenvalue weighted by molar-refractivity contribution is -0.137. The van der Waals surface area contributed by atoms with E-state index in [0.717, 1.165) is 12.1 Å². The molecule has 3 heterocycles. The third-order valence-corrected chi connectivity index (χ3v) is 5.54. The van der Waals surface area contributed by atoms with E-state index in [4.69, 9.17) is 0 Å². The van der Waals surface area contributed by atoms with Crippen molar-refractivity contribution in [3.63, 3.8) is 0 Å². The number of hydrogen-bond donors (Lipinski definition) is 1. The minimum atomic E-state index is -4.45. The van der Waals surface area contributed by atoms with Crippen LogP contribution in [0.15, 0.2) is 42.7 Å². The molecule has 2 aromatic heterocycles. The number of benzene rings is 1. The van der Waals surface area contributed by atoms with Crippen LogP contribution in [0.4, 0.5) is 19.0 Å². The van der Waals surface area contributed by atoms with Gasteiger partial charge in [-0.25, -0.2) is 9.97 Å². The molecule has 0 radical (unpaired) electrons. The van der Waals surface area contributed by atoms with Gasteiger partial charge in [-0.2, -0.15) is 23.0 Å². The van der Waals surface area contributed by atoms with Crippen LogP contribution in [0.25, 0.3) is 5.95 Å². The third-order valence-electron chi connectivity index (χ3n) is 4.27. The van der Waals surface area contributed by atoms with E-state index in [0.29, 0.717) is 22.6 Å². The summed E-state index contributed by atoms with van der Waals surface area (Å²) in [6.45, 7) is 1.75. The number of alkyl halides is 3. The maximum atomic E-state index is 13.2. The van der Waals surface area contributed by atoms with Gasteiger partial charge in [0.25, 0.3) is 5.95 Å². The fourth-order valence-corrected chi connectivity index (χ4v) is 4.25. The topological polar surface area (TPSA) is 72.7 Å². The van der Waals surface area contributed by atoms with Crippen LogP contribution in [0.5, 0.6) is 0 Å². The molecule has 1 N–H and O–H groups in total. The lowest BCUT2D eigenvalue weighted by Crippen LogP contribution is -2.16. The number of fused-ring (bicyclic) bond motifs is 1. The Balaban J connectivity index is 1.87. The number of anilines is 1. The van der Waals surface area contributed by atoms with Gasteiger partial charge in [-0.05, 0) is 24.6 Å². The van der Waals surface area contributed by atoms with Crippen LogP contribution in [0.3, 0.4) is 0 Å². The van der Waals surface area contributed by atoms with Gasteiger partial charge >= 0.3 is 6.18 Å². The first-order valence-corrected chi connectivity index (χ1v) is 9.35. The number of nitrogens with zero attached hydrogens (tertiary/aromatic N) is 4. The van der Waals surface area contributed by atoms with Gasteiger partial charge in [0, 0.05) is 18.0 Å². The van der Waals surface area contributed by atoms with Crippen LogP contribution in [0.1, 0.15) is 27.6 Å². The van der Waals surface area contributed by atoms with Crippen LogP contribution in [-0.2, 0) is 11.0 Å². The van der Waals surface area contributed by atoms with Crippen molar-refractivity contribution < 1.29 is 18.0 Å². The van der Waals surface area contributed by atoms with E-state index < -0.39 is 17.0 Å². The average Bonchev–Trinajstić information content (AvgIpc) is 2.88. The Bertz CT molecular complexity index is 1040. The van der Waals surface area contributed by atoms with Gasteiger partial charge in [-0.1, -0.05) is 18.2 Å². The minimum Gasteiger partial charge on any atom is -0.309 e. The fraction of sp³-hybridized carbons (Fsp3) is 0.222. The number of nitrogens with one attached hydrogen (secondary N) is 1. The highest BCUT2D eigenvalue weighted by Gasteiger charge is 2.34. The van der Waals surface area contributed by atoms with E-state index in [2.05, 4.69) is 20.4 Å².